The van der Waals surface area contributed by atoms with E-state index in [0.29, 0.717) is 12.4 Å². The SMILES string of the molecule is CCOc1cc([C@@H](C)NC(=O)[C@H](O)[C@@H](O)C(=O)N2Cc3cccnc3C2)ccc1-n1cccn1. The zero-order valence-electron chi connectivity index (χ0n) is 19.0. The van der Waals surface area contributed by atoms with E-state index in [0.717, 1.165) is 22.5 Å². The average Bonchev–Trinajstić information content (AvgIpc) is 3.53. The topological polar surface area (TPSA) is 130 Å². The number of carbonyl (C=O) groups excluding carboxylic acids is 2. The molecule has 10 heteroatoms. The third kappa shape index (κ3) is 4.78. The standard InChI is InChI=1S/C24H27N5O5/c1-3-34-20-12-16(7-8-19(20)29-11-5-10-26-29)15(2)27-23(32)21(30)22(31)24(33)28-13-17-6-4-9-25-18(17)14-28/h4-12,15,21-22,30-31H,3,13-14H2,1-2H3,(H,27,32)/t15-,21-,22-/m1/s1. The molecule has 0 aliphatic carbocycles. The normalized spacial score (nSPS) is 15.4. The van der Waals surface area contributed by atoms with Gasteiger partial charge in [-0.25, -0.2) is 4.68 Å². The summed E-state index contributed by atoms with van der Waals surface area (Å²) in [6.07, 6.45) is 1.29. The molecule has 0 spiro atoms. The first kappa shape index (κ1) is 23.4. The number of rotatable bonds is 8. The molecule has 34 heavy (non-hydrogen) atoms. The lowest BCUT2D eigenvalue weighted by atomic mass is 10.1. The molecule has 3 heterocycles. The molecule has 1 aliphatic heterocycles. The van der Waals surface area contributed by atoms with Crippen LogP contribution in [0.2, 0.25) is 0 Å². The highest BCUT2D eigenvalue weighted by Gasteiger charge is 2.36. The van der Waals surface area contributed by atoms with Crippen molar-refractivity contribution in [1.29, 1.82) is 0 Å². The van der Waals surface area contributed by atoms with Crippen molar-refractivity contribution in [3.8, 4) is 11.4 Å². The lowest BCUT2D eigenvalue weighted by Gasteiger charge is -2.24. The summed E-state index contributed by atoms with van der Waals surface area (Å²) >= 11 is 0. The molecule has 178 valence electrons. The van der Waals surface area contributed by atoms with Crippen molar-refractivity contribution in [2.75, 3.05) is 6.61 Å². The number of fused-ring (bicyclic) bond motifs is 1. The zero-order chi connectivity index (χ0) is 24.2. The van der Waals surface area contributed by atoms with Gasteiger partial charge in [0, 0.05) is 25.1 Å². The number of aliphatic hydroxyl groups excluding tert-OH is 2. The van der Waals surface area contributed by atoms with Gasteiger partial charge >= 0.3 is 0 Å². The molecule has 3 aromatic rings. The first-order valence-corrected chi connectivity index (χ1v) is 11.0. The lowest BCUT2D eigenvalue weighted by molar-refractivity contribution is -0.153. The van der Waals surface area contributed by atoms with Crippen LogP contribution < -0.4 is 10.1 Å². The van der Waals surface area contributed by atoms with Gasteiger partial charge in [-0.15, -0.1) is 0 Å². The van der Waals surface area contributed by atoms with Gasteiger partial charge in [-0.2, -0.15) is 5.10 Å². The average molecular weight is 466 g/mol. The number of hydrogen-bond acceptors (Lipinski definition) is 7. The van der Waals surface area contributed by atoms with Crippen molar-refractivity contribution in [2.45, 2.75) is 45.2 Å². The van der Waals surface area contributed by atoms with Gasteiger partial charge in [0.25, 0.3) is 11.8 Å². The van der Waals surface area contributed by atoms with E-state index < -0.39 is 30.1 Å². The van der Waals surface area contributed by atoms with Gasteiger partial charge in [0.05, 0.1) is 24.9 Å². The highest BCUT2D eigenvalue weighted by atomic mass is 16.5. The first-order chi connectivity index (χ1) is 16.4. The van der Waals surface area contributed by atoms with E-state index in [1.807, 2.05) is 25.1 Å². The van der Waals surface area contributed by atoms with Crippen LogP contribution in [0.3, 0.4) is 0 Å². The molecule has 10 nitrogen and oxygen atoms in total. The Kier molecular flexibility index (Phi) is 6.90. The number of aromatic nitrogens is 3. The lowest BCUT2D eigenvalue weighted by Crippen LogP contribution is -2.50. The fourth-order valence-electron chi connectivity index (χ4n) is 3.88. The Morgan fingerprint density at radius 3 is 2.68 bits per heavy atom. The highest BCUT2D eigenvalue weighted by molar-refractivity contribution is 5.91. The van der Waals surface area contributed by atoms with Crippen LogP contribution in [0.1, 0.15) is 36.7 Å². The van der Waals surface area contributed by atoms with Crippen LogP contribution in [0.15, 0.2) is 55.0 Å². The largest absolute Gasteiger partial charge is 0.492 e. The van der Waals surface area contributed by atoms with E-state index in [1.165, 1.54) is 4.90 Å². The highest BCUT2D eigenvalue weighted by Crippen LogP contribution is 2.27. The number of nitrogens with one attached hydrogen (secondary N) is 1. The molecular formula is C24H27N5O5. The fraction of sp³-hybridized carbons (Fsp3) is 0.333. The molecule has 0 fully saturated rings. The summed E-state index contributed by atoms with van der Waals surface area (Å²) < 4.78 is 7.42. The van der Waals surface area contributed by atoms with Crippen LogP contribution in [0.5, 0.6) is 5.75 Å². The van der Waals surface area contributed by atoms with E-state index in [9.17, 15) is 19.8 Å². The molecule has 3 N–H and O–H groups in total. The van der Waals surface area contributed by atoms with Gasteiger partial charge in [-0.3, -0.25) is 14.6 Å². The fourth-order valence-corrected chi connectivity index (χ4v) is 3.88. The Balaban J connectivity index is 1.41. The van der Waals surface area contributed by atoms with Crippen LogP contribution >= 0.6 is 0 Å². The van der Waals surface area contributed by atoms with Crippen molar-refractivity contribution in [2.24, 2.45) is 0 Å². The predicted molar refractivity (Wildman–Crippen MR) is 122 cm³/mol. The Morgan fingerprint density at radius 2 is 1.97 bits per heavy atom. The minimum absolute atomic E-state index is 0.222. The summed E-state index contributed by atoms with van der Waals surface area (Å²) in [6, 6.07) is 10.3. The van der Waals surface area contributed by atoms with Gasteiger partial charge < -0.3 is 25.2 Å². The van der Waals surface area contributed by atoms with Crippen LogP contribution in [-0.4, -0.2) is 60.5 Å². The van der Waals surface area contributed by atoms with Gasteiger partial charge in [-0.05, 0) is 49.2 Å². The summed E-state index contributed by atoms with van der Waals surface area (Å²) in [7, 11) is 0. The maximum Gasteiger partial charge on any atom is 0.255 e. The summed E-state index contributed by atoms with van der Waals surface area (Å²) in [5, 5.41) is 27.6. The Bertz CT molecular complexity index is 1140. The van der Waals surface area contributed by atoms with E-state index in [1.54, 1.807) is 48.4 Å². The van der Waals surface area contributed by atoms with E-state index >= 15 is 0 Å². The predicted octanol–water partition coefficient (Wildman–Crippen LogP) is 1.11. The molecule has 4 rings (SSSR count). The van der Waals surface area contributed by atoms with Gasteiger partial charge in [0.15, 0.2) is 12.2 Å². The molecular weight excluding hydrogens is 438 g/mol. The van der Waals surface area contributed by atoms with Gasteiger partial charge in [-0.1, -0.05) is 12.1 Å². The number of pyridine rings is 1. The van der Waals surface area contributed by atoms with Crippen molar-refractivity contribution < 1.29 is 24.5 Å². The third-order valence-corrected chi connectivity index (χ3v) is 5.71. The number of amides is 2. The van der Waals surface area contributed by atoms with Crippen molar-refractivity contribution in [3.63, 3.8) is 0 Å². The number of nitrogens with zero attached hydrogens (tertiary/aromatic N) is 4. The van der Waals surface area contributed by atoms with Crippen molar-refractivity contribution in [3.05, 3.63) is 71.8 Å². The van der Waals surface area contributed by atoms with Crippen molar-refractivity contribution in [1.82, 2.24) is 25.0 Å². The van der Waals surface area contributed by atoms with Crippen molar-refractivity contribution >= 4 is 11.8 Å². The second-order valence-corrected chi connectivity index (χ2v) is 8.03. The number of ether oxygens (including phenoxy) is 1. The molecule has 0 saturated carbocycles. The van der Waals surface area contributed by atoms with Gasteiger partial charge in [0.2, 0.25) is 0 Å². The molecule has 1 aromatic carbocycles. The second kappa shape index (κ2) is 10.0. The van der Waals surface area contributed by atoms with E-state index in [-0.39, 0.29) is 13.1 Å². The molecule has 1 aliphatic rings. The van der Waals surface area contributed by atoms with Gasteiger partial charge in [0.1, 0.15) is 11.4 Å². The van der Waals surface area contributed by atoms with Crippen LogP contribution in [0.25, 0.3) is 5.69 Å². The number of hydrogen-bond donors (Lipinski definition) is 3. The molecule has 3 atom stereocenters. The number of carbonyl (C=O) groups is 2. The first-order valence-electron chi connectivity index (χ1n) is 11.0. The summed E-state index contributed by atoms with van der Waals surface area (Å²) in [5.74, 6) is -0.990. The quantitative estimate of drug-likeness (QED) is 0.454. The number of aliphatic hydroxyl groups is 2. The van der Waals surface area contributed by atoms with Crippen LogP contribution in [-0.2, 0) is 22.7 Å². The molecule has 2 amide bonds. The summed E-state index contributed by atoms with van der Waals surface area (Å²) in [6.45, 7) is 4.54. The smallest absolute Gasteiger partial charge is 0.255 e. The Labute approximate surface area is 196 Å². The minimum Gasteiger partial charge on any atom is -0.492 e. The van der Waals surface area contributed by atoms with Crippen LogP contribution in [0.4, 0.5) is 0 Å². The van der Waals surface area contributed by atoms with E-state index in [2.05, 4.69) is 15.4 Å². The third-order valence-electron chi connectivity index (χ3n) is 5.71. The monoisotopic (exact) mass is 465 g/mol. The minimum atomic E-state index is -1.92. The summed E-state index contributed by atoms with van der Waals surface area (Å²) in [4.78, 5) is 30.9. The number of benzene rings is 1. The maximum atomic E-state index is 12.7. The zero-order valence-corrected chi connectivity index (χ0v) is 19.0. The maximum absolute atomic E-state index is 12.7. The molecule has 0 saturated heterocycles. The molecule has 0 radical (unpaired) electrons. The summed E-state index contributed by atoms with van der Waals surface area (Å²) in [5.41, 5.74) is 3.08. The molecule has 2 aromatic heterocycles. The Hall–Kier alpha value is -3.76. The second-order valence-electron chi connectivity index (χ2n) is 8.03. The molecule has 0 bridgehead atoms. The Morgan fingerprint density at radius 1 is 1.15 bits per heavy atom. The van der Waals surface area contributed by atoms with E-state index in [4.69, 9.17) is 4.74 Å². The van der Waals surface area contributed by atoms with Crippen LogP contribution in [0, 0.1) is 0 Å². The molecule has 0 unspecified atom stereocenters.